The van der Waals surface area contributed by atoms with E-state index < -0.39 is 0 Å². The summed E-state index contributed by atoms with van der Waals surface area (Å²) in [4.78, 5) is 22.9. The topological polar surface area (TPSA) is 36.4 Å². The third kappa shape index (κ3) is 6.59. The van der Waals surface area contributed by atoms with Crippen LogP contribution in [0.2, 0.25) is 5.02 Å². The molecule has 0 saturated heterocycles. The third-order valence-electron chi connectivity index (χ3n) is 4.69. The Kier molecular flexibility index (Phi) is 9.44. The molecule has 1 aromatic heterocycles. The van der Waals surface area contributed by atoms with Crippen molar-refractivity contribution in [3.05, 3.63) is 52.5 Å². The molecule has 0 spiro atoms. The van der Waals surface area contributed by atoms with Crippen molar-refractivity contribution in [3.63, 3.8) is 0 Å². The van der Waals surface area contributed by atoms with Gasteiger partial charge in [-0.05, 0) is 75.5 Å². The van der Waals surface area contributed by atoms with Crippen molar-refractivity contribution in [3.8, 4) is 0 Å². The lowest BCUT2D eigenvalue weighted by molar-refractivity contribution is -0.118. The van der Waals surface area contributed by atoms with Crippen molar-refractivity contribution < 1.29 is 4.79 Å². The van der Waals surface area contributed by atoms with Gasteiger partial charge in [-0.2, -0.15) is 0 Å². The molecule has 0 saturated carbocycles. The van der Waals surface area contributed by atoms with Crippen molar-refractivity contribution in [2.24, 2.45) is 0 Å². The van der Waals surface area contributed by atoms with Crippen LogP contribution in [0.25, 0.3) is 10.2 Å². The number of carbonyl (C=O) groups excluding carboxylic acids is 1. The van der Waals surface area contributed by atoms with Gasteiger partial charge in [-0.1, -0.05) is 22.9 Å². The molecule has 0 radical (unpaired) electrons. The average molecular weight is 485 g/mol. The summed E-state index contributed by atoms with van der Waals surface area (Å²) in [7, 11) is 4.04. The Balaban J connectivity index is 0.00000320. The first-order valence-electron chi connectivity index (χ1n) is 9.55. The largest absolute Gasteiger partial charge is 0.308 e. The Labute approximate surface area is 198 Å². The van der Waals surface area contributed by atoms with Gasteiger partial charge in [0.15, 0.2) is 5.13 Å². The zero-order valence-corrected chi connectivity index (χ0v) is 20.9. The van der Waals surface area contributed by atoms with Crippen molar-refractivity contribution >= 4 is 68.4 Å². The van der Waals surface area contributed by atoms with Gasteiger partial charge >= 0.3 is 0 Å². The fraction of sp³-hybridized carbons (Fsp3) is 0.364. The minimum atomic E-state index is 0. The van der Waals surface area contributed by atoms with Gasteiger partial charge in [0.25, 0.3) is 0 Å². The molecule has 0 aliphatic heterocycles. The second-order valence-corrected chi connectivity index (χ2v) is 9.92. The van der Waals surface area contributed by atoms with Gasteiger partial charge in [0, 0.05) is 35.2 Å². The monoisotopic (exact) mass is 483 g/mol. The summed E-state index contributed by atoms with van der Waals surface area (Å²) in [6.45, 7) is 5.63. The highest BCUT2D eigenvalue weighted by atomic mass is 35.5. The molecule has 0 aliphatic rings. The number of halogens is 2. The lowest BCUT2D eigenvalue weighted by atomic mass is 10.1. The van der Waals surface area contributed by atoms with Crippen molar-refractivity contribution in [2.45, 2.75) is 25.2 Å². The first kappa shape index (κ1) is 25.0. The minimum Gasteiger partial charge on any atom is -0.308 e. The normalized spacial score (nSPS) is 11.0. The number of anilines is 1. The van der Waals surface area contributed by atoms with E-state index in [1.807, 2.05) is 43.3 Å². The molecule has 1 heterocycles. The van der Waals surface area contributed by atoms with Gasteiger partial charge in [0.1, 0.15) is 0 Å². The highest BCUT2D eigenvalue weighted by Gasteiger charge is 2.20. The summed E-state index contributed by atoms with van der Waals surface area (Å²) in [5, 5.41) is 1.51. The van der Waals surface area contributed by atoms with Gasteiger partial charge in [-0.15, -0.1) is 24.2 Å². The Morgan fingerprint density at radius 3 is 2.43 bits per heavy atom. The molecule has 4 nitrogen and oxygen atoms in total. The Hall–Kier alpha value is -1.31. The number of thiazole rings is 1. The number of hydrogen-bond donors (Lipinski definition) is 0. The van der Waals surface area contributed by atoms with E-state index in [0.717, 1.165) is 37.6 Å². The van der Waals surface area contributed by atoms with Crippen LogP contribution in [0.1, 0.15) is 17.5 Å². The van der Waals surface area contributed by atoms with Crippen LogP contribution in [-0.4, -0.2) is 48.7 Å². The van der Waals surface area contributed by atoms with Gasteiger partial charge in [0.05, 0.1) is 10.2 Å². The van der Waals surface area contributed by atoms with Gasteiger partial charge in [-0.3, -0.25) is 9.69 Å². The van der Waals surface area contributed by atoms with E-state index in [2.05, 4.69) is 30.9 Å². The number of likely N-dealkylation sites (N-methyl/N-ethyl adjacent to an activating group) is 1. The summed E-state index contributed by atoms with van der Waals surface area (Å²) >= 11 is 9.20. The van der Waals surface area contributed by atoms with E-state index >= 15 is 0 Å². The Morgan fingerprint density at radius 1 is 1.10 bits per heavy atom. The SMILES string of the molecule is Cc1cc2nc(N(CCN(C)C)C(=O)CCSc3ccc(Cl)cc3)sc2cc1C.Cl. The Bertz CT molecular complexity index is 951. The van der Waals surface area contributed by atoms with Crippen molar-refractivity contribution in [2.75, 3.05) is 37.8 Å². The lowest BCUT2D eigenvalue weighted by Gasteiger charge is -2.22. The van der Waals surface area contributed by atoms with E-state index in [4.69, 9.17) is 16.6 Å². The van der Waals surface area contributed by atoms with E-state index in [1.54, 1.807) is 23.1 Å². The van der Waals surface area contributed by atoms with Gasteiger partial charge in [-0.25, -0.2) is 4.98 Å². The molecule has 1 amide bonds. The van der Waals surface area contributed by atoms with Crippen LogP contribution in [0.4, 0.5) is 5.13 Å². The first-order valence-corrected chi connectivity index (χ1v) is 11.7. The van der Waals surface area contributed by atoms with Gasteiger partial charge < -0.3 is 4.90 Å². The second kappa shape index (κ2) is 11.3. The highest BCUT2D eigenvalue weighted by molar-refractivity contribution is 7.99. The molecule has 0 fully saturated rings. The van der Waals surface area contributed by atoms with Crippen LogP contribution in [0.3, 0.4) is 0 Å². The van der Waals surface area contributed by atoms with E-state index in [9.17, 15) is 4.79 Å². The fourth-order valence-electron chi connectivity index (χ4n) is 2.83. The predicted octanol–water partition coefficient (Wildman–Crippen LogP) is 6.07. The van der Waals surface area contributed by atoms with Gasteiger partial charge in [0.2, 0.25) is 5.91 Å². The number of thioether (sulfide) groups is 1. The fourth-order valence-corrected chi connectivity index (χ4v) is 4.89. The molecule has 2 aromatic carbocycles. The van der Waals surface area contributed by atoms with E-state index in [-0.39, 0.29) is 18.3 Å². The number of aryl methyl sites for hydroxylation is 2. The molecule has 0 N–H and O–H groups in total. The molecule has 162 valence electrons. The smallest absolute Gasteiger partial charge is 0.229 e. The number of carbonyl (C=O) groups is 1. The van der Waals surface area contributed by atoms with Crippen LogP contribution in [0.5, 0.6) is 0 Å². The molecular formula is C22H27Cl2N3OS2. The molecule has 30 heavy (non-hydrogen) atoms. The third-order valence-corrected chi connectivity index (χ3v) is 7.00. The molecule has 8 heteroatoms. The first-order chi connectivity index (χ1) is 13.8. The molecule has 0 aliphatic carbocycles. The number of nitrogens with zero attached hydrogens (tertiary/aromatic N) is 3. The lowest BCUT2D eigenvalue weighted by Crippen LogP contribution is -2.36. The van der Waals surface area contributed by atoms with Crippen LogP contribution in [-0.2, 0) is 4.79 Å². The maximum absolute atomic E-state index is 13.1. The molecular weight excluding hydrogens is 457 g/mol. The summed E-state index contributed by atoms with van der Waals surface area (Å²) in [5.74, 6) is 0.836. The number of amides is 1. The average Bonchev–Trinajstić information content (AvgIpc) is 3.06. The number of hydrogen-bond acceptors (Lipinski definition) is 5. The standard InChI is InChI=1S/C22H26ClN3OS2.ClH/c1-15-13-19-20(14-16(15)2)29-22(24-19)26(11-10-25(3)4)21(27)9-12-28-18-7-5-17(23)6-8-18;/h5-8,13-14H,9-12H2,1-4H3;1H. The summed E-state index contributed by atoms with van der Waals surface area (Å²) < 4.78 is 1.13. The number of benzene rings is 2. The predicted molar refractivity (Wildman–Crippen MR) is 134 cm³/mol. The molecule has 3 aromatic rings. The quantitative estimate of drug-likeness (QED) is 0.364. The maximum Gasteiger partial charge on any atom is 0.229 e. The Morgan fingerprint density at radius 2 is 1.77 bits per heavy atom. The maximum atomic E-state index is 13.1. The number of aromatic nitrogens is 1. The minimum absolute atomic E-state index is 0. The van der Waals surface area contributed by atoms with Crippen LogP contribution in [0.15, 0.2) is 41.3 Å². The molecule has 0 bridgehead atoms. The summed E-state index contributed by atoms with van der Waals surface area (Å²) in [6.07, 6.45) is 0.467. The molecule has 0 atom stereocenters. The van der Waals surface area contributed by atoms with Crippen LogP contribution >= 0.6 is 47.1 Å². The van der Waals surface area contributed by atoms with E-state index in [1.165, 1.54) is 11.1 Å². The number of fused-ring (bicyclic) bond motifs is 1. The van der Waals surface area contributed by atoms with E-state index in [0.29, 0.717) is 13.0 Å². The van der Waals surface area contributed by atoms with Crippen molar-refractivity contribution in [1.29, 1.82) is 0 Å². The van der Waals surface area contributed by atoms with Crippen molar-refractivity contribution in [1.82, 2.24) is 9.88 Å². The zero-order valence-electron chi connectivity index (χ0n) is 17.6. The summed E-state index contributed by atoms with van der Waals surface area (Å²) in [6, 6.07) is 12.0. The number of rotatable bonds is 8. The molecule has 3 rings (SSSR count). The zero-order chi connectivity index (χ0) is 21.0. The van der Waals surface area contributed by atoms with Crippen LogP contribution < -0.4 is 4.90 Å². The van der Waals surface area contributed by atoms with Crippen LogP contribution in [0, 0.1) is 13.8 Å². The summed E-state index contributed by atoms with van der Waals surface area (Å²) in [5.41, 5.74) is 3.43. The molecule has 0 unspecified atom stereocenters. The highest BCUT2D eigenvalue weighted by Crippen LogP contribution is 2.31. The second-order valence-electron chi connectivity index (χ2n) is 7.30.